The van der Waals surface area contributed by atoms with E-state index in [4.69, 9.17) is 4.74 Å². The van der Waals surface area contributed by atoms with Gasteiger partial charge in [0, 0.05) is 20.1 Å². The van der Waals surface area contributed by atoms with Gasteiger partial charge in [0.05, 0.1) is 37.0 Å². The first-order chi connectivity index (χ1) is 8.22. The zero-order chi connectivity index (χ0) is 12.5. The molecule has 0 unspecified atom stereocenters. The molecule has 0 saturated heterocycles. The normalized spacial score (nSPS) is 10.6. The van der Waals surface area contributed by atoms with Gasteiger partial charge in [0.2, 0.25) is 0 Å². The zero-order valence-corrected chi connectivity index (χ0v) is 10.9. The average Bonchev–Trinajstić information content (AvgIpc) is 2.33. The van der Waals surface area contributed by atoms with Gasteiger partial charge in [-0.1, -0.05) is 0 Å². The largest absolute Gasteiger partial charge is 0.387 e. The maximum absolute atomic E-state index is 5.48. The van der Waals surface area contributed by atoms with Crippen LogP contribution in [0.5, 0.6) is 0 Å². The van der Waals surface area contributed by atoms with Crippen LogP contribution >= 0.6 is 0 Å². The van der Waals surface area contributed by atoms with Crippen molar-refractivity contribution >= 4 is 11.4 Å². The fraction of sp³-hybridized carbons (Fsp3) is 0.583. The molecule has 0 atom stereocenters. The lowest BCUT2D eigenvalue weighted by atomic mass is 10.3. The van der Waals surface area contributed by atoms with E-state index in [2.05, 4.69) is 20.5 Å². The van der Waals surface area contributed by atoms with Gasteiger partial charge < -0.3 is 20.3 Å². The topological polar surface area (TPSA) is 49.4 Å². The highest BCUT2D eigenvalue weighted by Gasteiger charge is 1.95. The molecule has 0 aliphatic rings. The molecule has 0 bridgehead atoms. The van der Waals surface area contributed by atoms with E-state index >= 15 is 0 Å². The number of rotatable bonds is 8. The number of ether oxygens (including phenoxy) is 1. The summed E-state index contributed by atoms with van der Waals surface area (Å²) in [5.41, 5.74) is 2.01. The maximum atomic E-state index is 5.48. The second-order valence-electron chi connectivity index (χ2n) is 4.05. The minimum atomic E-state index is 0.706. The average molecular weight is 238 g/mol. The summed E-state index contributed by atoms with van der Waals surface area (Å²) in [6.07, 6.45) is 3.60. The zero-order valence-electron chi connectivity index (χ0n) is 10.9. The Labute approximate surface area is 103 Å². The Bertz CT molecular complexity index is 317. The summed E-state index contributed by atoms with van der Waals surface area (Å²) in [6.45, 7) is 3.22. The summed E-state index contributed by atoms with van der Waals surface area (Å²) < 4.78 is 5.48. The highest BCUT2D eigenvalue weighted by molar-refractivity contribution is 5.53. The molecule has 0 radical (unpaired) electrons. The van der Waals surface area contributed by atoms with Crippen LogP contribution in [0.4, 0.5) is 11.4 Å². The smallest absolute Gasteiger partial charge is 0.0639 e. The Hall–Kier alpha value is -1.33. The van der Waals surface area contributed by atoms with Gasteiger partial charge in [0.15, 0.2) is 0 Å². The Balaban J connectivity index is 2.13. The summed E-state index contributed by atoms with van der Waals surface area (Å²) in [7, 11) is 5.96. The lowest BCUT2D eigenvalue weighted by Crippen LogP contribution is -2.20. The third-order valence-corrected chi connectivity index (χ3v) is 2.29. The van der Waals surface area contributed by atoms with Gasteiger partial charge in [-0.2, -0.15) is 0 Å². The molecule has 0 amide bonds. The molecule has 1 aromatic rings. The molecule has 1 heterocycles. The van der Waals surface area contributed by atoms with Crippen molar-refractivity contribution in [1.29, 1.82) is 0 Å². The minimum absolute atomic E-state index is 0.706. The number of nitrogens with zero attached hydrogens (tertiary/aromatic N) is 2. The number of likely N-dealkylation sites (N-methyl/N-ethyl adjacent to an activating group) is 1. The van der Waals surface area contributed by atoms with Crippen molar-refractivity contribution in [2.45, 2.75) is 0 Å². The lowest BCUT2D eigenvalue weighted by molar-refractivity contribution is 0.126. The molecule has 0 saturated carbocycles. The van der Waals surface area contributed by atoms with Gasteiger partial charge >= 0.3 is 0 Å². The van der Waals surface area contributed by atoms with Crippen LogP contribution < -0.4 is 10.6 Å². The second kappa shape index (κ2) is 7.86. The molecule has 2 N–H and O–H groups in total. The van der Waals surface area contributed by atoms with Gasteiger partial charge in [-0.3, -0.25) is 4.98 Å². The van der Waals surface area contributed by atoms with Crippen molar-refractivity contribution in [1.82, 2.24) is 9.88 Å². The molecule has 0 aromatic carbocycles. The summed E-state index contributed by atoms with van der Waals surface area (Å²) in [5.74, 6) is 0. The van der Waals surface area contributed by atoms with Crippen molar-refractivity contribution in [2.24, 2.45) is 0 Å². The van der Waals surface area contributed by atoms with Crippen LogP contribution in [-0.2, 0) is 4.74 Å². The molecule has 5 nitrogen and oxygen atoms in total. The maximum Gasteiger partial charge on any atom is 0.0639 e. The van der Waals surface area contributed by atoms with Crippen LogP contribution in [0.3, 0.4) is 0 Å². The molecule has 96 valence electrons. The SMILES string of the molecule is CNc1cncc(NCCOCCN(C)C)c1. The molecule has 1 aromatic heterocycles. The highest BCUT2D eigenvalue weighted by Crippen LogP contribution is 2.11. The van der Waals surface area contributed by atoms with E-state index in [1.165, 1.54) is 0 Å². The van der Waals surface area contributed by atoms with Crippen LogP contribution in [0.2, 0.25) is 0 Å². The Morgan fingerprint density at radius 1 is 1.24 bits per heavy atom. The number of pyridine rings is 1. The molecule has 0 spiro atoms. The molecule has 0 aliphatic carbocycles. The van der Waals surface area contributed by atoms with Gasteiger partial charge in [-0.05, 0) is 20.2 Å². The molecule has 0 fully saturated rings. The quantitative estimate of drug-likeness (QED) is 0.665. The van der Waals surface area contributed by atoms with Crippen LogP contribution in [0.1, 0.15) is 0 Å². The summed E-state index contributed by atoms with van der Waals surface area (Å²) in [5, 5.41) is 6.32. The van der Waals surface area contributed by atoms with Crippen molar-refractivity contribution in [2.75, 3.05) is 58.1 Å². The minimum Gasteiger partial charge on any atom is -0.387 e. The number of nitrogens with one attached hydrogen (secondary N) is 2. The van der Waals surface area contributed by atoms with Crippen molar-refractivity contribution in [3.05, 3.63) is 18.5 Å². The molecule has 0 aliphatic heterocycles. The third kappa shape index (κ3) is 6.09. The fourth-order valence-electron chi connectivity index (χ4n) is 1.29. The van der Waals surface area contributed by atoms with E-state index < -0.39 is 0 Å². The van der Waals surface area contributed by atoms with Crippen LogP contribution in [0, 0.1) is 0 Å². The van der Waals surface area contributed by atoms with E-state index in [1.54, 1.807) is 12.4 Å². The Morgan fingerprint density at radius 3 is 2.71 bits per heavy atom. The van der Waals surface area contributed by atoms with Crippen molar-refractivity contribution in [3.8, 4) is 0 Å². The standard InChI is InChI=1S/C12H22N4O/c1-13-11-8-12(10-14-9-11)15-4-6-17-7-5-16(2)3/h8-10,13,15H,4-7H2,1-3H3. The van der Waals surface area contributed by atoms with E-state index in [1.807, 2.05) is 27.2 Å². The van der Waals surface area contributed by atoms with E-state index in [0.29, 0.717) is 6.61 Å². The fourth-order valence-corrected chi connectivity index (χ4v) is 1.29. The van der Waals surface area contributed by atoms with Gasteiger partial charge in [-0.15, -0.1) is 0 Å². The lowest BCUT2D eigenvalue weighted by Gasteiger charge is -2.11. The first-order valence-electron chi connectivity index (χ1n) is 5.81. The third-order valence-electron chi connectivity index (χ3n) is 2.29. The first-order valence-corrected chi connectivity index (χ1v) is 5.81. The summed E-state index contributed by atoms with van der Waals surface area (Å²) in [4.78, 5) is 6.23. The molecular formula is C12H22N4O. The predicted molar refractivity (Wildman–Crippen MR) is 71.6 cm³/mol. The number of hydrogen-bond acceptors (Lipinski definition) is 5. The number of aromatic nitrogens is 1. The second-order valence-corrected chi connectivity index (χ2v) is 4.05. The van der Waals surface area contributed by atoms with E-state index in [0.717, 1.165) is 31.1 Å². The Morgan fingerprint density at radius 2 is 2.00 bits per heavy atom. The predicted octanol–water partition coefficient (Wildman–Crippen LogP) is 1.11. The van der Waals surface area contributed by atoms with Crippen molar-refractivity contribution in [3.63, 3.8) is 0 Å². The highest BCUT2D eigenvalue weighted by atomic mass is 16.5. The van der Waals surface area contributed by atoms with Crippen LogP contribution in [-0.4, -0.2) is 57.3 Å². The first kappa shape index (κ1) is 13.7. The Kier molecular flexibility index (Phi) is 6.35. The van der Waals surface area contributed by atoms with E-state index in [9.17, 15) is 0 Å². The van der Waals surface area contributed by atoms with Crippen molar-refractivity contribution < 1.29 is 4.74 Å². The molecule has 5 heteroatoms. The van der Waals surface area contributed by atoms with Gasteiger partial charge in [0.1, 0.15) is 0 Å². The molecule has 1 rings (SSSR count). The summed E-state index contributed by atoms with van der Waals surface area (Å²) >= 11 is 0. The molecular weight excluding hydrogens is 216 g/mol. The monoisotopic (exact) mass is 238 g/mol. The van der Waals surface area contributed by atoms with Gasteiger partial charge in [-0.25, -0.2) is 0 Å². The molecule has 17 heavy (non-hydrogen) atoms. The van der Waals surface area contributed by atoms with Crippen LogP contribution in [0.25, 0.3) is 0 Å². The van der Waals surface area contributed by atoms with E-state index in [-0.39, 0.29) is 0 Å². The number of anilines is 2. The number of hydrogen-bond donors (Lipinski definition) is 2. The van der Waals surface area contributed by atoms with Crippen LogP contribution in [0.15, 0.2) is 18.5 Å². The summed E-state index contributed by atoms with van der Waals surface area (Å²) in [6, 6.07) is 2.02. The van der Waals surface area contributed by atoms with Gasteiger partial charge in [0.25, 0.3) is 0 Å².